The Balaban J connectivity index is 2.20. The molecule has 20 heavy (non-hydrogen) atoms. The van der Waals surface area contributed by atoms with Crippen LogP contribution in [0, 0.1) is 0 Å². The van der Waals surface area contributed by atoms with Crippen molar-refractivity contribution in [2.45, 2.75) is 24.0 Å². The maximum atomic E-state index is 11.9. The molecule has 0 aliphatic carbocycles. The van der Waals surface area contributed by atoms with E-state index >= 15 is 0 Å². The van der Waals surface area contributed by atoms with E-state index in [2.05, 4.69) is 26.6 Å². The van der Waals surface area contributed by atoms with Crippen molar-refractivity contribution in [1.29, 1.82) is 0 Å². The van der Waals surface area contributed by atoms with Gasteiger partial charge in [-0.05, 0) is 34.6 Å². The van der Waals surface area contributed by atoms with E-state index < -0.39 is 6.10 Å². The molecule has 0 radical (unpaired) electrons. The van der Waals surface area contributed by atoms with Crippen LogP contribution >= 0.6 is 27.7 Å². The van der Waals surface area contributed by atoms with E-state index in [4.69, 9.17) is 5.11 Å². The lowest BCUT2D eigenvalue weighted by Gasteiger charge is -2.12. The van der Waals surface area contributed by atoms with Crippen LogP contribution < -0.4 is 10.6 Å². The summed E-state index contributed by atoms with van der Waals surface area (Å²) in [5.74, 6) is 0.352. The number of carbonyl (C=O) groups is 1. The van der Waals surface area contributed by atoms with Gasteiger partial charge >= 0.3 is 0 Å². The van der Waals surface area contributed by atoms with Gasteiger partial charge in [0.05, 0.1) is 12.7 Å². The van der Waals surface area contributed by atoms with Crippen LogP contribution in [0.1, 0.15) is 18.5 Å². The highest BCUT2D eigenvalue weighted by Gasteiger charge is 2.30. The van der Waals surface area contributed by atoms with Crippen molar-refractivity contribution in [3.05, 3.63) is 22.2 Å². The normalized spacial score (nSPS) is 18.8. The molecule has 0 bridgehead atoms. The zero-order valence-electron chi connectivity index (χ0n) is 11.0. The first kappa shape index (κ1) is 15.8. The van der Waals surface area contributed by atoms with E-state index in [9.17, 15) is 9.90 Å². The predicted octanol–water partition coefficient (Wildman–Crippen LogP) is 1.50. The fourth-order valence-corrected chi connectivity index (χ4v) is 3.60. The number of nitrogens with one attached hydrogen (secondary N) is 2. The number of carbonyl (C=O) groups excluding carboxylic acids is 1. The first-order valence-corrected chi connectivity index (χ1v) is 8.14. The summed E-state index contributed by atoms with van der Waals surface area (Å²) < 4.78 is 0.880. The summed E-state index contributed by atoms with van der Waals surface area (Å²) in [7, 11) is 0. The highest BCUT2D eigenvalue weighted by atomic mass is 79.9. The molecule has 0 fully saturated rings. The molecule has 0 aromatic heterocycles. The van der Waals surface area contributed by atoms with E-state index in [-0.39, 0.29) is 18.6 Å². The zero-order chi connectivity index (χ0) is 14.7. The second kappa shape index (κ2) is 6.91. The molecule has 1 aromatic carbocycles. The summed E-state index contributed by atoms with van der Waals surface area (Å²) in [4.78, 5) is 12.8. The predicted molar refractivity (Wildman–Crippen MR) is 83.0 cm³/mol. The third-order valence-electron chi connectivity index (χ3n) is 2.99. The lowest BCUT2D eigenvalue weighted by atomic mass is 10.1. The molecule has 0 spiro atoms. The van der Waals surface area contributed by atoms with Crippen LogP contribution in [0.3, 0.4) is 0 Å². The Hall–Kier alpha value is -0.600. The minimum atomic E-state index is -0.746. The smallest absolute Gasteiger partial charge is 0.246 e. The number of fused-ring (bicyclic) bond motifs is 1. The van der Waals surface area contributed by atoms with E-state index in [0.29, 0.717) is 12.3 Å². The largest absolute Gasteiger partial charge is 0.394 e. The fraction of sp³-hybridized carbons (Fsp3) is 0.462. The van der Waals surface area contributed by atoms with Gasteiger partial charge in [0.1, 0.15) is 6.04 Å². The van der Waals surface area contributed by atoms with Gasteiger partial charge < -0.3 is 20.8 Å². The van der Waals surface area contributed by atoms with Crippen LogP contribution in [0.25, 0.3) is 0 Å². The molecule has 0 saturated carbocycles. The van der Waals surface area contributed by atoms with Crippen LogP contribution in [0.5, 0.6) is 0 Å². The van der Waals surface area contributed by atoms with Crippen LogP contribution in [0.4, 0.5) is 5.69 Å². The number of halogens is 1. The molecule has 2 atom stereocenters. The van der Waals surface area contributed by atoms with Crippen LogP contribution in [-0.2, 0) is 4.79 Å². The second-order valence-electron chi connectivity index (χ2n) is 4.50. The molecule has 110 valence electrons. The number of aliphatic hydroxyl groups excluding tert-OH is 2. The Morgan fingerprint density at radius 3 is 2.95 bits per heavy atom. The summed E-state index contributed by atoms with van der Waals surface area (Å²) in [6.07, 6.45) is -0.746. The van der Waals surface area contributed by atoms with Gasteiger partial charge in [0.15, 0.2) is 0 Å². The van der Waals surface area contributed by atoms with Crippen LogP contribution in [0.2, 0.25) is 0 Å². The minimum Gasteiger partial charge on any atom is -0.394 e. The molecule has 5 nitrogen and oxygen atoms in total. The molecule has 2 rings (SSSR count). The van der Waals surface area contributed by atoms with Gasteiger partial charge in [0, 0.05) is 26.4 Å². The quantitative estimate of drug-likeness (QED) is 0.578. The number of hydrogen-bond acceptors (Lipinski definition) is 5. The molecular formula is C13H17BrN2O3S. The van der Waals surface area contributed by atoms with Gasteiger partial charge in [0.2, 0.25) is 5.91 Å². The Bertz CT molecular complexity index is 513. The van der Waals surface area contributed by atoms with Crippen LogP contribution in [-0.4, -0.2) is 41.1 Å². The first-order chi connectivity index (χ1) is 9.56. The van der Waals surface area contributed by atoms with Crippen molar-refractivity contribution < 1.29 is 15.0 Å². The Kier molecular flexibility index (Phi) is 5.45. The average molecular weight is 361 g/mol. The number of thioether (sulfide) groups is 1. The summed E-state index contributed by atoms with van der Waals surface area (Å²) in [5, 5.41) is 24.2. The molecule has 1 heterocycles. The van der Waals surface area contributed by atoms with Crippen molar-refractivity contribution in [3.8, 4) is 0 Å². The van der Waals surface area contributed by atoms with Crippen LogP contribution in [0.15, 0.2) is 21.5 Å². The van der Waals surface area contributed by atoms with Crippen molar-refractivity contribution >= 4 is 39.3 Å². The lowest BCUT2D eigenvalue weighted by Crippen LogP contribution is -2.27. The van der Waals surface area contributed by atoms with Gasteiger partial charge in [-0.15, -0.1) is 11.8 Å². The molecule has 1 aromatic rings. The van der Waals surface area contributed by atoms with Crippen molar-refractivity contribution in [1.82, 2.24) is 5.32 Å². The van der Waals surface area contributed by atoms with E-state index in [1.165, 1.54) is 11.8 Å². The standard InChI is InChI=1S/C13H17BrN2O3S/c1-2-15-12-8-3-9(14)11(20-6-7(18)5-17)4-10(8)16-13(12)19/h3-4,7,12,15,17-18H,2,5-6H2,1H3,(H,16,19). The molecule has 4 N–H and O–H groups in total. The highest BCUT2D eigenvalue weighted by Crippen LogP contribution is 2.39. The monoisotopic (exact) mass is 360 g/mol. The summed E-state index contributed by atoms with van der Waals surface area (Å²) >= 11 is 4.92. The lowest BCUT2D eigenvalue weighted by molar-refractivity contribution is -0.117. The molecule has 1 aliphatic heterocycles. The molecule has 0 saturated heterocycles. The van der Waals surface area contributed by atoms with Gasteiger partial charge in [-0.2, -0.15) is 0 Å². The van der Waals surface area contributed by atoms with Gasteiger partial charge in [-0.3, -0.25) is 4.79 Å². The zero-order valence-corrected chi connectivity index (χ0v) is 13.4. The number of anilines is 1. The molecule has 1 amide bonds. The Labute approximate surface area is 130 Å². The number of hydrogen-bond donors (Lipinski definition) is 4. The van der Waals surface area contributed by atoms with Gasteiger partial charge in [-0.25, -0.2) is 0 Å². The summed E-state index contributed by atoms with van der Waals surface area (Å²) in [6, 6.07) is 3.51. The summed E-state index contributed by atoms with van der Waals surface area (Å²) in [6.45, 7) is 2.42. The third-order valence-corrected chi connectivity index (χ3v) is 5.10. The van der Waals surface area contributed by atoms with Gasteiger partial charge in [0.25, 0.3) is 0 Å². The molecular weight excluding hydrogens is 344 g/mol. The maximum absolute atomic E-state index is 11.9. The fourth-order valence-electron chi connectivity index (χ4n) is 2.02. The first-order valence-electron chi connectivity index (χ1n) is 6.36. The Morgan fingerprint density at radius 2 is 2.30 bits per heavy atom. The molecule has 1 aliphatic rings. The van der Waals surface area contributed by atoms with Crippen molar-refractivity contribution in [2.24, 2.45) is 0 Å². The third kappa shape index (κ3) is 3.35. The van der Waals surface area contributed by atoms with Gasteiger partial charge in [-0.1, -0.05) is 6.92 Å². The van der Waals surface area contributed by atoms with E-state index in [1.54, 1.807) is 0 Å². The number of rotatable bonds is 6. The maximum Gasteiger partial charge on any atom is 0.246 e. The SMILES string of the molecule is CCNC1C(=O)Nc2cc(SCC(O)CO)c(Br)cc21. The number of aliphatic hydroxyl groups is 2. The summed E-state index contributed by atoms with van der Waals surface area (Å²) in [5.41, 5.74) is 1.72. The molecule has 2 unspecified atom stereocenters. The molecule has 7 heteroatoms. The average Bonchev–Trinajstić information content (AvgIpc) is 2.72. The number of benzene rings is 1. The van der Waals surface area contributed by atoms with E-state index in [0.717, 1.165) is 20.6 Å². The number of amides is 1. The topological polar surface area (TPSA) is 81.6 Å². The number of likely N-dealkylation sites (N-methyl/N-ethyl adjacent to an activating group) is 1. The Morgan fingerprint density at radius 1 is 1.55 bits per heavy atom. The van der Waals surface area contributed by atoms with Crippen molar-refractivity contribution in [2.75, 3.05) is 24.2 Å². The minimum absolute atomic E-state index is 0.0497. The second-order valence-corrected chi connectivity index (χ2v) is 6.41. The van der Waals surface area contributed by atoms with E-state index in [1.807, 2.05) is 19.1 Å². The van der Waals surface area contributed by atoms with Crippen molar-refractivity contribution in [3.63, 3.8) is 0 Å². The highest BCUT2D eigenvalue weighted by molar-refractivity contribution is 9.10.